The number of ether oxygens (including phenoxy) is 1. The van der Waals surface area contributed by atoms with Crippen LogP contribution in [-0.4, -0.2) is 11.2 Å². The molecule has 84 valence electrons. The Labute approximate surface area is 97.7 Å². The molecule has 3 rings (SSSR count). The van der Waals surface area contributed by atoms with E-state index in [1.165, 1.54) is 0 Å². The molecule has 2 aromatic rings. The van der Waals surface area contributed by atoms with Crippen LogP contribution < -0.4 is 10.2 Å². The van der Waals surface area contributed by atoms with Crippen LogP contribution in [0, 0.1) is 11.3 Å². The van der Waals surface area contributed by atoms with Crippen LogP contribution in [0.15, 0.2) is 29.2 Å². The van der Waals surface area contributed by atoms with E-state index in [1.807, 2.05) is 23.6 Å². The Morgan fingerprint density at radius 1 is 1.53 bits per heavy atom. The summed E-state index contributed by atoms with van der Waals surface area (Å²) >= 11 is 0. The Bertz CT molecular complexity index is 710. The molecule has 1 aliphatic rings. The predicted molar refractivity (Wildman–Crippen MR) is 63.1 cm³/mol. The van der Waals surface area contributed by atoms with Crippen molar-refractivity contribution in [2.75, 3.05) is 6.61 Å². The van der Waals surface area contributed by atoms with Crippen LogP contribution in [0.25, 0.3) is 10.9 Å². The molecule has 0 aliphatic carbocycles. The maximum Gasteiger partial charge on any atom is 0.207 e. The summed E-state index contributed by atoms with van der Waals surface area (Å²) in [5.41, 5.74) is 0.747. The Balaban J connectivity index is 2.56. The molecule has 0 saturated carbocycles. The number of para-hydroxylation sites is 1. The first kappa shape index (κ1) is 9.91. The van der Waals surface area contributed by atoms with Crippen molar-refractivity contribution in [3.63, 3.8) is 0 Å². The van der Waals surface area contributed by atoms with Crippen molar-refractivity contribution >= 4 is 10.9 Å². The average molecular weight is 226 g/mol. The summed E-state index contributed by atoms with van der Waals surface area (Å²) in [6.45, 7) is 2.56. The van der Waals surface area contributed by atoms with E-state index in [1.54, 1.807) is 18.3 Å². The van der Waals surface area contributed by atoms with Gasteiger partial charge in [-0.05, 0) is 19.1 Å². The van der Waals surface area contributed by atoms with Crippen molar-refractivity contribution in [1.29, 1.82) is 5.26 Å². The average Bonchev–Trinajstić information content (AvgIpc) is 2.36. The first-order valence-electron chi connectivity index (χ1n) is 5.43. The molecule has 4 nitrogen and oxygen atoms in total. The lowest BCUT2D eigenvalue weighted by Gasteiger charge is -2.26. The van der Waals surface area contributed by atoms with Gasteiger partial charge in [0.25, 0.3) is 0 Å². The van der Waals surface area contributed by atoms with E-state index < -0.39 is 0 Å². The highest BCUT2D eigenvalue weighted by molar-refractivity contribution is 5.86. The van der Waals surface area contributed by atoms with E-state index in [0.29, 0.717) is 17.7 Å². The molecule has 1 unspecified atom stereocenters. The van der Waals surface area contributed by atoms with Gasteiger partial charge in [0.2, 0.25) is 5.43 Å². The molecule has 0 amide bonds. The zero-order chi connectivity index (χ0) is 12.0. The Morgan fingerprint density at radius 3 is 3.12 bits per heavy atom. The summed E-state index contributed by atoms with van der Waals surface area (Å²) in [7, 11) is 0. The third-order valence-electron chi connectivity index (χ3n) is 3.09. The van der Waals surface area contributed by atoms with Gasteiger partial charge in [-0.25, -0.2) is 0 Å². The van der Waals surface area contributed by atoms with E-state index in [9.17, 15) is 4.79 Å². The number of hydrogen-bond donors (Lipinski definition) is 0. The highest BCUT2D eigenvalue weighted by atomic mass is 16.5. The molecule has 1 aliphatic heterocycles. The van der Waals surface area contributed by atoms with Gasteiger partial charge in [0.15, 0.2) is 0 Å². The van der Waals surface area contributed by atoms with Crippen LogP contribution in [0.2, 0.25) is 0 Å². The molecular weight excluding hydrogens is 216 g/mol. The lowest BCUT2D eigenvalue weighted by Crippen LogP contribution is -2.24. The monoisotopic (exact) mass is 226 g/mol. The van der Waals surface area contributed by atoms with Gasteiger partial charge in [-0.1, -0.05) is 6.07 Å². The van der Waals surface area contributed by atoms with Crippen molar-refractivity contribution in [2.24, 2.45) is 0 Å². The second-order valence-electron chi connectivity index (χ2n) is 4.20. The number of nitriles is 1. The lowest BCUT2D eigenvalue weighted by atomic mass is 10.1. The first-order valence-corrected chi connectivity index (χ1v) is 5.43. The number of rotatable bonds is 0. The Hall–Kier alpha value is -2.28. The Kier molecular flexibility index (Phi) is 1.96. The fraction of sp³-hybridized carbons (Fsp3) is 0.231. The Morgan fingerprint density at radius 2 is 2.35 bits per heavy atom. The summed E-state index contributed by atoms with van der Waals surface area (Å²) in [4.78, 5) is 12.0. The van der Waals surface area contributed by atoms with Gasteiger partial charge in [0, 0.05) is 6.20 Å². The fourth-order valence-corrected chi connectivity index (χ4v) is 2.21. The number of nitrogens with zero attached hydrogens (tertiary/aromatic N) is 2. The maximum atomic E-state index is 12.0. The van der Waals surface area contributed by atoms with Gasteiger partial charge in [0.1, 0.15) is 24.0 Å². The zero-order valence-corrected chi connectivity index (χ0v) is 9.30. The van der Waals surface area contributed by atoms with E-state index in [4.69, 9.17) is 10.00 Å². The topological polar surface area (TPSA) is 55.0 Å². The lowest BCUT2D eigenvalue weighted by molar-refractivity contribution is 0.247. The SMILES string of the molecule is CC1COc2cccc3c(=O)c(C#N)cn1c23. The second kappa shape index (κ2) is 3.36. The molecule has 0 spiro atoms. The highest BCUT2D eigenvalue weighted by Gasteiger charge is 2.20. The summed E-state index contributed by atoms with van der Waals surface area (Å²) < 4.78 is 7.55. The predicted octanol–water partition coefficient (Wildman–Crippen LogP) is 1.83. The molecule has 0 N–H and O–H groups in total. The smallest absolute Gasteiger partial charge is 0.207 e. The van der Waals surface area contributed by atoms with Gasteiger partial charge in [0.05, 0.1) is 16.9 Å². The molecule has 0 bridgehead atoms. The molecular formula is C13H10N2O2. The molecule has 1 aromatic heterocycles. The van der Waals surface area contributed by atoms with E-state index in [-0.39, 0.29) is 17.0 Å². The molecule has 4 heteroatoms. The quantitative estimate of drug-likeness (QED) is 0.688. The van der Waals surface area contributed by atoms with E-state index in [2.05, 4.69) is 0 Å². The van der Waals surface area contributed by atoms with E-state index in [0.717, 1.165) is 5.52 Å². The van der Waals surface area contributed by atoms with Gasteiger partial charge in [-0.15, -0.1) is 0 Å². The van der Waals surface area contributed by atoms with Crippen molar-refractivity contribution < 1.29 is 4.74 Å². The third kappa shape index (κ3) is 1.26. The molecule has 0 saturated heterocycles. The third-order valence-corrected chi connectivity index (χ3v) is 3.09. The maximum absolute atomic E-state index is 12.0. The number of benzene rings is 1. The molecule has 0 fully saturated rings. The van der Waals surface area contributed by atoms with Crippen molar-refractivity contribution in [3.05, 3.63) is 40.2 Å². The van der Waals surface area contributed by atoms with Crippen molar-refractivity contribution in [2.45, 2.75) is 13.0 Å². The zero-order valence-electron chi connectivity index (χ0n) is 9.30. The van der Waals surface area contributed by atoms with Gasteiger partial charge in [-0.3, -0.25) is 4.79 Å². The van der Waals surface area contributed by atoms with Crippen molar-refractivity contribution in [1.82, 2.24) is 4.57 Å². The van der Waals surface area contributed by atoms with Crippen LogP contribution in [0.1, 0.15) is 18.5 Å². The van der Waals surface area contributed by atoms with Gasteiger partial charge in [-0.2, -0.15) is 5.26 Å². The summed E-state index contributed by atoms with van der Waals surface area (Å²) in [5.74, 6) is 0.710. The minimum Gasteiger partial charge on any atom is -0.489 e. The van der Waals surface area contributed by atoms with Gasteiger partial charge < -0.3 is 9.30 Å². The van der Waals surface area contributed by atoms with Crippen LogP contribution in [-0.2, 0) is 0 Å². The number of aromatic nitrogens is 1. The minimum absolute atomic E-state index is 0.125. The standard InChI is InChI=1S/C13H10N2O2/c1-8-7-17-11-4-2-3-10-12(11)15(8)6-9(5-14)13(10)16/h2-4,6,8H,7H2,1H3. The normalized spacial score (nSPS) is 17.5. The summed E-state index contributed by atoms with van der Waals surface area (Å²) in [6.07, 6.45) is 1.63. The molecule has 2 heterocycles. The van der Waals surface area contributed by atoms with Gasteiger partial charge >= 0.3 is 0 Å². The molecule has 1 atom stereocenters. The number of pyridine rings is 1. The van der Waals surface area contributed by atoms with E-state index >= 15 is 0 Å². The van der Waals surface area contributed by atoms with Crippen LogP contribution >= 0.6 is 0 Å². The van der Waals surface area contributed by atoms with Crippen LogP contribution in [0.4, 0.5) is 0 Å². The highest BCUT2D eigenvalue weighted by Crippen LogP contribution is 2.30. The first-order chi connectivity index (χ1) is 8.22. The van der Waals surface area contributed by atoms with Crippen molar-refractivity contribution in [3.8, 4) is 11.8 Å². The molecule has 1 aromatic carbocycles. The van der Waals surface area contributed by atoms with Crippen LogP contribution in [0.5, 0.6) is 5.75 Å². The molecule has 0 radical (unpaired) electrons. The fourth-order valence-electron chi connectivity index (χ4n) is 2.21. The summed E-state index contributed by atoms with van der Waals surface area (Å²) in [6, 6.07) is 7.43. The largest absolute Gasteiger partial charge is 0.489 e. The molecule has 17 heavy (non-hydrogen) atoms. The second-order valence-corrected chi connectivity index (χ2v) is 4.20. The number of hydrogen-bond acceptors (Lipinski definition) is 3. The minimum atomic E-state index is -0.224. The summed E-state index contributed by atoms with van der Waals surface area (Å²) in [5, 5.41) is 9.53. The van der Waals surface area contributed by atoms with Crippen LogP contribution in [0.3, 0.4) is 0 Å².